The maximum Gasteiger partial charge on any atom is 0.303 e. The lowest BCUT2D eigenvalue weighted by atomic mass is 10.2. The quantitative estimate of drug-likeness (QED) is 0.452. The zero-order valence-corrected chi connectivity index (χ0v) is 9.52. The molecule has 0 aliphatic rings. The van der Waals surface area contributed by atoms with Crippen LogP contribution in [-0.4, -0.2) is 9.85 Å². The maximum absolute atomic E-state index is 10.7. The number of rotatable bonds is 5. The number of nitro groups is 2. The molecule has 0 heterocycles. The number of benzene rings is 1. The van der Waals surface area contributed by atoms with Crippen LogP contribution in [0.15, 0.2) is 40.7 Å². The van der Waals surface area contributed by atoms with Gasteiger partial charge in [-0.15, -0.1) is 5.11 Å². The van der Waals surface area contributed by atoms with E-state index in [1.54, 1.807) is 6.08 Å². The number of non-ortho nitro benzene ring substituents is 1. The second-order valence-corrected chi connectivity index (χ2v) is 3.20. The molecule has 0 aromatic heterocycles. The standard InChI is InChI=1S/C10H10N4O4/c1-2-3-6-11-12-9-5-4-8(13(15)16)7-10(9)14(17)18/h3-7H,2H2,1H3. The highest BCUT2D eigenvalue weighted by atomic mass is 16.6. The van der Waals surface area contributed by atoms with Gasteiger partial charge in [0, 0.05) is 12.3 Å². The Balaban J connectivity index is 3.12. The largest absolute Gasteiger partial charge is 0.303 e. The topological polar surface area (TPSA) is 111 Å². The molecule has 18 heavy (non-hydrogen) atoms. The van der Waals surface area contributed by atoms with Crippen LogP contribution in [-0.2, 0) is 0 Å². The zero-order chi connectivity index (χ0) is 13.5. The molecular weight excluding hydrogens is 240 g/mol. The number of azo groups is 1. The summed E-state index contributed by atoms with van der Waals surface area (Å²) in [6, 6.07) is 3.20. The summed E-state index contributed by atoms with van der Waals surface area (Å²) in [7, 11) is 0. The summed E-state index contributed by atoms with van der Waals surface area (Å²) in [6.07, 6.45) is 3.90. The minimum atomic E-state index is -0.731. The van der Waals surface area contributed by atoms with E-state index in [1.165, 1.54) is 12.3 Å². The van der Waals surface area contributed by atoms with Gasteiger partial charge in [0.05, 0.1) is 15.9 Å². The lowest BCUT2D eigenvalue weighted by Gasteiger charge is -1.95. The number of nitrogens with zero attached hydrogens (tertiary/aromatic N) is 4. The van der Waals surface area contributed by atoms with E-state index in [0.29, 0.717) is 0 Å². The van der Waals surface area contributed by atoms with E-state index < -0.39 is 15.5 Å². The van der Waals surface area contributed by atoms with Crippen molar-refractivity contribution in [3.8, 4) is 0 Å². The molecule has 0 saturated carbocycles. The van der Waals surface area contributed by atoms with Crippen molar-refractivity contribution < 1.29 is 9.85 Å². The molecule has 0 spiro atoms. The van der Waals surface area contributed by atoms with E-state index in [-0.39, 0.29) is 11.4 Å². The minimum Gasteiger partial charge on any atom is -0.258 e. The number of hydrogen-bond donors (Lipinski definition) is 0. The third-order valence-electron chi connectivity index (χ3n) is 1.94. The van der Waals surface area contributed by atoms with E-state index in [2.05, 4.69) is 10.2 Å². The van der Waals surface area contributed by atoms with Gasteiger partial charge in [-0.2, -0.15) is 5.11 Å². The van der Waals surface area contributed by atoms with Crippen LogP contribution in [0, 0.1) is 20.2 Å². The molecule has 1 rings (SSSR count). The molecule has 8 nitrogen and oxygen atoms in total. The smallest absolute Gasteiger partial charge is 0.258 e. The summed E-state index contributed by atoms with van der Waals surface area (Å²) in [5, 5.41) is 28.5. The minimum absolute atomic E-state index is 0.0219. The number of hydrogen-bond acceptors (Lipinski definition) is 6. The first-order valence-corrected chi connectivity index (χ1v) is 5.05. The van der Waals surface area contributed by atoms with Crippen molar-refractivity contribution in [2.75, 3.05) is 0 Å². The molecule has 0 unspecified atom stereocenters. The summed E-state index contributed by atoms with van der Waals surface area (Å²) in [5.41, 5.74) is -0.825. The Morgan fingerprint density at radius 3 is 2.56 bits per heavy atom. The fourth-order valence-corrected chi connectivity index (χ4v) is 1.10. The molecule has 94 valence electrons. The summed E-state index contributed by atoms with van der Waals surface area (Å²) < 4.78 is 0. The molecule has 1 aromatic carbocycles. The monoisotopic (exact) mass is 250 g/mol. The second-order valence-electron chi connectivity index (χ2n) is 3.20. The Morgan fingerprint density at radius 1 is 1.28 bits per heavy atom. The van der Waals surface area contributed by atoms with Crippen molar-refractivity contribution in [1.29, 1.82) is 0 Å². The van der Waals surface area contributed by atoms with E-state index in [1.807, 2.05) is 6.92 Å². The van der Waals surface area contributed by atoms with Crippen molar-refractivity contribution in [3.05, 3.63) is 50.7 Å². The number of allylic oxidation sites excluding steroid dienone is 1. The van der Waals surface area contributed by atoms with Gasteiger partial charge in [-0.1, -0.05) is 13.0 Å². The van der Waals surface area contributed by atoms with Crippen LogP contribution in [0.1, 0.15) is 13.3 Å². The van der Waals surface area contributed by atoms with Gasteiger partial charge in [0.15, 0.2) is 5.69 Å². The third kappa shape index (κ3) is 3.44. The van der Waals surface area contributed by atoms with Crippen molar-refractivity contribution >= 4 is 17.1 Å². The Morgan fingerprint density at radius 2 is 2.00 bits per heavy atom. The molecule has 0 N–H and O–H groups in total. The average molecular weight is 250 g/mol. The molecule has 0 atom stereocenters. The first-order chi connectivity index (χ1) is 8.56. The van der Waals surface area contributed by atoms with Crippen molar-refractivity contribution in [1.82, 2.24) is 0 Å². The molecule has 0 amide bonds. The van der Waals surface area contributed by atoms with Gasteiger partial charge in [-0.05, 0) is 12.5 Å². The molecule has 8 heteroatoms. The summed E-state index contributed by atoms with van der Waals surface area (Å²) in [5.74, 6) is 0. The van der Waals surface area contributed by atoms with Gasteiger partial charge in [0.2, 0.25) is 0 Å². The van der Waals surface area contributed by atoms with Gasteiger partial charge in [-0.3, -0.25) is 20.2 Å². The molecule has 0 aliphatic carbocycles. The summed E-state index contributed by atoms with van der Waals surface area (Å²) in [6.45, 7) is 1.90. The van der Waals surface area contributed by atoms with Gasteiger partial charge in [0.1, 0.15) is 0 Å². The average Bonchev–Trinajstić information content (AvgIpc) is 2.34. The van der Waals surface area contributed by atoms with Crippen LogP contribution in [0.25, 0.3) is 0 Å². The Labute approximate surface area is 102 Å². The molecule has 1 aromatic rings. The molecule has 0 bridgehead atoms. The van der Waals surface area contributed by atoms with Gasteiger partial charge >= 0.3 is 5.69 Å². The van der Waals surface area contributed by atoms with E-state index in [4.69, 9.17) is 0 Å². The first-order valence-electron chi connectivity index (χ1n) is 5.05. The van der Waals surface area contributed by atoms with Crippen LogP contribution in [0.2, 0.25) is 0 Å². The van der Waals surface area contributed by atoms with Gasteiger partial charge < -0.3 is 0 Å². The normalized spacial score (nSPS) is 11.2. The fourth-order valence-electron chi connectivity index (χ4n) is 1.10. The van der Waals surface area contributed by atoms with E-state index in [0.717, 1.165) is 18.6 Å². The molecule has 0 aliphatic heterocycles. The SMILES string of the molecule is CCC=CN=Nc1ccc([N+](=O)[O-])cc1[N+](=O)[O-]. The van der Waals surface area contributed by atoms with Crippen molar-refractivity contribution in [2.24, 2.45) is 10.2 Å². The highest BCUT2D eigenvalue weighted by Gasteiger charge is 2.19. The summed E-state index contributed by atoms with van der Waals surface area (Å²) in [4.78, 5) is 19.8. The lowest BCUT2D eigenvalue weighted by molar-refractivity contribution is -0.393. The lowest BCUT2D eigenvalue weighted by Crippen LogP contribution is -1.92. The maximum atomic E-state index is 10.7. The summed E-state index contributed by atoms with van der Waals surface area (Å²) >= 11 is 0. The van der Waals surface area contributed by atoms with E-state index in [9.17, 15) is 20.2 Å². The van der Waals surface area contributed by atoms with Crippen LogP contribution in [0.4, 0.5) is 17.1 Å². The fraction of sp³-hybridized carbons (Fsp3) is 0.200. The molecule has 0 saturated heterocycles. The second kappa shape index (κ2) is 6.18. The Hall–Kier alpha value is -2.64. The molecule has 0 fully saturated rings. The van der Waals surface area contributed by atoms with Crippen LogP contribution >= 0.6 is 0 Å². The van der Waals surface area contributed by atoms with Crippen molar-refractivity contribution in [3.63, 3.8) is 0 Å². The third-order valence-corrected chi connectivity index (χ3v) is 1.94. The predicted molar refractivity (Wildman–Crippen MR) is 63.7 cm³/mol. The highest BCUT2D eigenvalue weighted by Crippen LogP contribution is 2.31. The van der Waals surface area contributed by atoms with Crippen LogP contribution < -0.4 is 0 Å². The van der Waals surface area contributed by atoms with Crippen LogP contribution in [0.3, 0.4) is 0 Å². The Bertz CT molecular complexity index is 525. The van der Waals surface area contributed by atoms with E-state index >= 15 is 0 Å². The molecule has 0 radical (unpaired) electrons. The Kier molecular flexibility index (Phi) is 4.61. The van der Waals surface area contributed by atoms with Gasteiger partial charge in [-0.25, -0.2) is 0 Å². The highest BCUT2D eigenvalue weighted by molar-refractivity contribution is 5.61. The first kappa shape index (κ1) is 13.4. The van der Waals surface area contributed by atoms with Gasteiger partial charge in [0.25, 0.3) is 5.69 Å². The van der Waals surface area contributed by atoms with Crippen molar-refractivity contribution in [2.45, 2.75) is 13.3 Å². The zero-order valence-electron chi connectivity index (χ0n) is 9.52. The number of nitro benzene ring substituents is 2. The van der Waals surface area contributed by atoms with Crippen LogP contribution in [0.5, 0.6) is 0 Å². The molecular formula is C10H10N4O4. The predicted octanol–water partition coefficient (Wildman–Crippen LogP) is 3.51.